The Hall–Kier alpha value is -2.15. The summed E-state index contributed by atoms with van der Waals surface area (Å²) in [6, 6.07) is 4.09. The Kier molecular flexibility index (Phi) is 5.99. The number of alkyl halides is 1. The Morgan fingerprint density at radius 2 is 2.10 bits per heavy atom. The molecule has 31 heavy (non-hydrogen) atoms. The fraction of sp³-hybridized carbons (Fsp3) is 0.391. The minimum Gasteiger partial charge on any atom is -0.394 e. The third kappa shape index (κ3) is 3.60. The van der Waals surface area contributed by atoms with Gasteiger partial charge in [-0.15, -0.1) is 11.6 Å². The van der Waals surface area contributed by atoms with Gasteiger partial charge in [-0.1, -0.05) is 49.2 Å². The van der Waals surface area contributed by atoms with E-state index < -0.39 is 11.9 Å². The summed E-state index contributed by atoms with van der Waals surface area (Å²) in [7, 11) is 0. The van der Waals surface area contributed by atoms with Gasteiger partial charge in [0.1, 0.15) is 0 Å². The summed E-state index contributed by atoms with van der Waals surface area (Å²) in [6.07, 6.45) is 4.46. The zero-order chi connectivity index (χ0) is 22.4. The zero-order valence-electron chi connectivity index (χ0n) is 17.6. The van der Waals surface area contributed by atoms with Crippen LogP contribution in [0.2, 0.25) is 5.02 Å². The highest BCUT2D eigenvalue weighted by Crippen LogP contribution is 2.48. The summed E-state index contributed by atoms with van der Waals surface area (Å²) in [6.45, 7) is 6.20. The third-order valence-electron chi connectivity index (χ3n) is 5.81. The fourth-order valence-corrected chi connectivity index (χ4v) is 5.00. The lowest BCUT2D eigenvalue weighted by Gasteiger charge is -2.31. The van der Waals surface area contributed by atoms with Crippen LogP contribution >= 0.6 is 23.2 Å². The smallest absolute Gasteiger partial charge is 0.280 e. The number of benzene rings is 1. The van der Waals surface area contributed by atoms with Gasteiger partial charge in [0, 0.05) is 11.3 Å². The van der Waals surface area contributed by atoms with Gasteiger partial charge in [0.25, 0.3) is 5.91 Å². The lowest BCUT2D eigenvalue weighted by molar-refractivity contribution is 0.0986. The molecule has 0 fully saturated rings. The molecule has 2 heterocycles. The van der Waals surface area contributed by atoms with E-state index in [0.717, 1.165) is 22.4 Å². The van der Waals surface area contributed by atoms with Crippen LogP contribution in [0.4, 0.5) is 10.1 Å². The summed E-state index contributed by atoms with van der Waals surface area (Å²) in [5.74, 6) is -0.992. The van der Waals surface area contributed by atoms with Crippen molar-refractivity contribution in [2.75, 3.05) is 11.5 Å². The Labute approximate surface area is 190 Å². The zero-order valence-corrected chi connectivity index (χ0v) is 19.1. The number of hydrogen-bond acceptors (Lipinski definition) is 3. The maximum Gasteiger partial charge on any atom is 0.280 e. The first-order valence-electron chi connectivity index (χ1n) is 10.3. The second-order valence-electron chi connectivity index (χ2n) is 8.21. The monoisotopic (exact) mass is 463 g/mol. The lowest BCUT2D eigenvalue weighted by Crippen LogP contribution is -2.32. The maximum absolute atomic E-state index is 15.1. The van der Waals surface area contributed by atoms with Crippen LogP contribution in [-0.4, -0.2) is 32.8 Å². The largest absolute Gasteiger partial charge is 0.394 e. The van der Waals surface area contributed by atoms with E-state index in [4.69, 9.17) is 23.2 Å². The molecule has 164 valence electrons. The van der Waals surface area contributed by atoms with Crippen molar-refractivity contribution in [1.82, 2.24) is 9.78 Å². The number of allylic oxidation sites excluding steroid dienone is 2. The van der Waals surface area contributed by atoms with E-state index in [2.05, 4.69) is 5.10 Å². The Morgan fingerprint density at radius 3 is 2.74 bits per heavy atom. The average Bonchev–Trinajstić information content (AvgIpc) is 3.20. The number of nitrogens with zero attached hydrogens (tertiary/aromatic N) is 3. The molecule has 2 aromatic rings. The van der Waals surface area contributed by atoms with Crippen molar-refractivity contribution in [2.45, 2.75) is 51.1 Å². The number of rotatable bonds is 5. The number of anilines is 1. The molecule has 0 saturated heterocycles. The topological polar surface area (TPSA) is 58.4 Å². The normalized spacial score (nSPS) is 20.9. The molecule has 2 aliphatic rings. The van der Waals surface area contributed by atoms with Crippen LogP contribution in [0.25, 0.3) is 0 Å². The van der Waals surface area contributed by atoms with Crippen LogP contribution in [0.5, 0.6) is 0 Å². The van der Waals surface area contributed by atoms with E-state index >= 15 is 4.39 Å². The van der Waals surface area contributed by atoms with Gasteiger partial charge in [-0.05, 0) is 37.0 Å². The number of aromatic nitrogens is 2. The number of aliphatic hydroxyl groups is 1. The van der Waals surface area contributed by atoms with E-state index in [1.807, 2.05) is 32.9 Å². The second-order valence-corrected chi connectivity index (χ2v) is 9.18. The van der Waals surface area contributed by atoms with Gasteiger partial charge in [0.15, 0.2) is 11.5 Å². The van der Waals surface area contributed by atoms with Crippen LogP contribution in [0.1, 0.15) is 60.9 Å². The molecule has 0 spiro atoms. The summed E-state index contributed by atoms with van der Waals surface area (Å²) in [5, 5.41) is 13.9. The maximum atomic E-state index is 15.1. The predicted octanol–water partition coefficient (Wildman–Crippen LogP) is 5.38. The number of fused-ring (bicyclic) bond motifs is 1. The molecule has 5 nitrogen and oxygen atoms in total. The summed E-state index contributed by atoms with van der Waals surface area (Å²) >= 11 is 12.4. The molecule has 0 bridgehead atoms. The van der Waals surface area contributed by atoms with Gasteiger partial charge in [0.2, 0.25) is 0 Å². The Balaban J connectivity index is 1.99. The van der Waals surface area contributed by atoms with Crippen molar-refractivity contribution >= 4 is 34.8 Å². The van der Waals surface area contributed by atoms with Crippen LogP contribution in [-0.2, 0) is 6.54 Å². The molecular weight excluding hydrogens is 440 g/mol. The van der Waals surface area contributed by atoms with E-state index in [9.17, 15) is 9.90 Å². The molecule has 1 aromatic carbocycles. The summed E-state index contributed by atoms with van der Waals surface area (Å²) < 4.78 is 16.8. The molecule has 1 N–H and O–H groups in total. The van der Waals surface area contributed by atoms with Crippen LogP contribution < -0.4 is 4.90 Å². The van der Waals surface area contributed by atoms with Gasteiger partial charge >= 0.3 is 0 Å². The second kappa shape index (κ2) is 8.41. The minimum atomic E-state index is -0.643. The van der Waals surface area contributed by atoms with E-state index in [1.165, 1.54) is 11.0 Å². The standard InChI is InChI=1S/C23H24Cl2FN3O2/c1-12(2)21-18-20(27-28(21)9-10-30)23(31)29(17-6-4-5-16(25)19(17)26)22(18)15-8-7-14(24)11-13(15)3/h4-8,12,14,22,30H,9-11H2,1-3H3/t14?,22-/m0/s1. The van der Waals surface area contributed by atoms with E-state index in [1.54, 1.807) is 16.8 Å². The van der Waals surface area contributed by atoms with Crippen LogP contribution in [0.15, 0.2) is 41.5 Å². The lowest BCUT2D eigenvalue weighted by atomic mass is 9.87. The molecule has 0 radical (unpaired) electrons. The number of halogens is 3. The molecule has 1 aromatic heterocycles. The fourth-order valence-electron chi connectivity index (χ4n) is 4.53. The molecule has 1 aliphatic heterocycles. The van der Waals surface area contributed by atoms with Gasteiger partial charge in [-0.2, -0.15) is 5.10 Å². The van der Waals surface area contributed by atoms with Crippen molar-refractivity contribution in [3.63, 3.8) is 0 Å². The van der Waals surface area contributed by atoms with Gasteiger partial charge in [0.05, 0.1) is 35.3 Å². The van der Waals surface area contributed by atoms with Crippen molar-refractivity contribution in [3.05, 3.63) is 69.3 Å². The first-order valence-corrected chi connectivity index (χ1v) is 11.1. The minimum absolute atomic E-state index is 0.0384. The van der Waals surface area contributed by atoms with E-state index in [0.29, 0.717) is 6.42 Å². The summed E-state index contributed by atoms with van der Waals surface area (Å²) in [5.41, 5.74) is 3.93. The number of carbonyl (C=O) groups excluding carboxylic acids is 1. The van der Waals surface area contributed by atoms with E-state index in [-0.39, 0.29) is 46.8 Å². The highest BCUT2D eigenvalue weighted by molar-refractivity contribution is 6.31. The van der Waals surface area contributed by atoms with Gasteiger partial charge < -0.3 is 5.11 Å². The highest BCUT2D eigenvalue weighted by Gasteiger charge is 2.46. The Bertz CT molecular complexity index is 1110. The molecule has 2 atom stereocenters. The predicted molar refractivity (Wildman–Crippen MR) is 120 cm³/mol. The van der Waals surface area contributed by atoms with Gasteiger partial charge in [-0.3, -0.25) is 14.4 Å². The average molecular weight is 464 g/mol. The Morgan fingerprint density at radius 1 is 1.35 bits per heavy atom. The van der Waals surface area contributed by atoms with Crippen LogP contribution in [0, 0.1) is 5.82 Å². The third-order valence-corrected chi connectivity index (χ3v) is 6.40. The van der Waals surface area contributed by atoms with Crippen molar-refractivity contribution < 1.29 is 14.3 Å². The molecular formula is C23H24Cl2FN3O2. The number of aliphatic hydroxyl groups excluding tert-OH is 1. The first kappa shape index (κ1) is 22.1. The number of carbonyl (C=O) groups is 1. The van der Waals surface area contributed by atoms with Crippen molar-refractivity contribution in [1.29, 1.82) is 0 Å². The van der Waals surface area contributed by atoms with Crippen LogP contribution in [0.3, 0.4) is 0 Å². The number of amides is 1. The highest BCUT2D eigenvalue weighted by atomic mass is 35.5. The molecule has 4 rings (SSSR count). The molecule has 8 heteroatoms. The van der Waals surface area contributed by atoms with Crippen molar-refractivity contribution in [2.24, 2.45) is 0 Å². The first-order chi connectivity index (χ1) is 14.8. The van der Waals surface area contributed by atoms with Crippen molar-refractivity contribution in [3.8, 4) is 0 Å². The number of hydrogen-bond donors (Lipinski definition) is 1. The quantitative estimate of drug-likeness (QED) is 0.605. The molecule has 1 amide bonds. The molecule has 0 saturated carbocycles. The molecule has 1 unspecified atom stereocenters. The SMILES string of the molecule is CC1=C([C@H]2c3c(nn(CCO)c3C(C)C)C(=O)N2c2cccc(Cl)c2F)C=CC(Cl)C1. The van der Waals surface area contributed by atoms with Gasteiger partial charge in [-0.25, -0.2) is 4.39 Å². The molecule has 1 aliphatic carbocycles. The summed E-state index contributed by atoms with van der Waals surface area (Å²) in [4.78, 5) is 15.0.